The molecule has 0 aliphatic rings. The van der Waals surface area contributed by atoms with Crippen LogP contribution in [-0.2, 0) is 0 Å². The number of halogens is 1. The molecule has 7 nitrogen and oxygen atoms in total. The second-order valence-electron chi connectivity index (χ2n) is 7.05. The number of methoxy groups -OCH3 is 2. The lowest BCUT2D eigenvalue weighted by Crippen LogP contribution is -2.34. The fourth-order valence-electron chi connectivity index (χ4n) is 3.24. The van der Waals surface area contributed by atoms with Gasteiger partial charge in [0.15, 0.2) is 16.6 Å². The molecule has 0 atom stereocenters. The van der Waals surface area contributed by atoms with Crippen LogP contribution in [0.4, 0.5) is 5.69 Å². The molecule has 0 saturated carbocycles. The summed E-state index contributed by atoms with van der Waals surface area (Å²) in [6.07, 6.45) is 1.65. The minimum Gasteiger partial charge on any atom is -0.493 e. The first-order chi connectivity index (χ1) is 16.5. The van der Waals surface area contributed by atoms with Gasteiger partial charge in [-0.2, -0.15) is 0 Å². The zero-order valence-corrected chi connectivity index (χ0v) is 19.9. The summed E-state index contributed by atoms with van der Waals surface area (Å²) in [6.45, 7) is 0. The number of pyridine rings is 1. The Morgan fingerprint density at radius 1 is 0.941 bits per heavy atom. The van der Waals surface area contributed by atoms with Crippen molar-refractivity contribution in [2.75, 3.05) is 19.5 Å². The lowest BCUT2D eigenvalue weighted by Gasteiger charge is -2.14. The zero-order chi connectivity index (χ0) is 24.1. The van der Waals surface area contributed by atoms with Crippen LogP contribution >= 0.6 is 23.8 Å². The molecular weight excluding hydrogens is 474 g/mol. The Morgan fingerprint density at radius 3 is 2.38 bits per heavy atom. The van der Waals surface area contributed by atoms with E-state index in [2.05, 4.69) is 15.6 Å². The van der Waals surface area contributed by atoms with Gasteiger partial charge in [0.1, 0.15) is 11.5 Å². The molecule has 0 spiro atoms. The van der Waals surface area contributed by atoms with Crippen LogP contribution in [0.2, 0.25) is 5.02 Å². The van der Waals surface area contributed by atoms with Crippen LogP contribution in [0.3, 0.4) is 0 Å². The van der Waals surface area contributed by atoms with Gasteiger partial charge in [-0.25, -0.2) is 0 Å². The molecule has 0 aliphatic heterocycles. The molecule has 0 aliphatic carbocycles. The van der Waals surface area contributed by atoms with Crippen molar-refractivity contribution in [3.05, 3.63) is 83.5 Å². The average Bonchev–Trinajstić information content (AvgIpc) is 2.85. The quantitative estimate of drug-likeness (QED) is 0.327. The van der Waals surface area contributed by atoms with Gasteiger partial charge < -0.3 is 19.5 Å². The number of thiocarbonyl (C=S) groups is 1. The highest BCUT2D eigenvalue weighted by Crippen LogP contribution is 2.37. The van der Waals surface area contributed by atoms with Crippen LogP contribution in [0.5, 0.6) is 23.0 Å². The van der Waals surface area contributed by atoms with Gasteiger partial charge in [0.05, 0.1) is 30.4 Å². The standard InChI is InChI=1S/C25H20ClN3O4S/c1-31-22-13-17-20(14-23(22)32-2)27-11-10-21(17)33-16-8-9-19(18(26)12-16)28-25(34)29-24(30)15-6-4-3-5-7-15/h3-14H,1-2H3,(H2,28,29,30,34). The van der Waals surface area contributed by atoms with E-state index in [0.717, 1.165) is 5.39 Å². The third-order valence-corrected chi connectivity index (χ3v) is 5.40. The Labute approximate surface area is 206 Å². The molecule has 0 fully saturated rings. The Bertz CT molecular complexity index is 1370. The molecule has 9 heteroatoms. The highest BCUT2D eigenvalue weighted by atomic mass is 35.5. The number of aromatic nitrogens is 1. The Morgan fingerprint density at radius 2 is 1.68 bits per heavy atom. The first-order valence-electron chi connectivity index (χ1n) is 10.1. The molecule has 172 valence electrons. The van der Waals surface area contributed by atoms with Crippen molar-refractivity contribution in [1.29, 1.82) is 0 Å². The molecule has 0 radical (unpaired) electrons. The van der Waals surface area contributed by atoms with Gasteiger partial charge in [-0.1, -0.05) is 29.8 Å². The fourth-order valence-corrected chi connectivity index (χ4v) is 3.66. The number of rotatable bonds is 6. The van der Waals surface area contributed by atoms with E-state index in [4.69, 9.17) is 38.0 Å². The molecule has 3 aromatic carbocycles. The summed E-state index contributed by atoms with van der Waals surface area (Å²) < 4.78 is 16.8. The van der Waals surface area contributed by atoms with Gasteiger partial charge >= 0.3 is 0 Å². The summed E-state index contributed by atoms with van der Waals surface area (Å²) in [5.74, 6) is 1.92. The highest BCUT2D eigenvalue weighted by Gasteiger charge is 2.13. The first kappa shape index (κ1) is 23.3. The molecule has 4 aromatic rings. The normalized spacial score (nSPS) is 10.4. The molecule has 34 heavy (non-hydrogen) atoms. The van der Waals surface area contributed by atoms with Crippen molar-refractivity contribution < 1.29 is 19.0 Å². The van der Waals surface area contributed by atoms with Crippen LogP contribution in [0.15, 0.2) is 72.9 Å². The number of fused-ring (bicyclic) bond motifs is 1. The summed E-state index contributed by atoms with van der Waals surface area (Å²) >= 11 is 11.7. The van der Waals surface area contributed by atoms with Gasteiger partial charge in [0.2, 0.25) is 0 Å². The van der Waals surface area contributed by atoms with Crippen molar-refractivity contribution in [3.8, 4) is 23.0 Å². The summed E-state index contributed by atoms with van der Waals surface area (Å²) in [5, 5.41) is 6.81. The molecule has 1 heterocycles. The third-order valence-electron chi connectivity index (χ3n) is 4.89. The maximum atomic E-state index is 12.3. The van der Waals surface area contributed by atoms with Crippen LogP contribution in [0.25, 0.3) is 10.9 Å². The highest BCUT2D eigenvalue weighted by molar-refractivity contribution is 7.80. The van der Waals surface area contributed by atoms with Gasteiger partial charge in [-0.3, -0.25) is 15.1 Å². The monoisotopic (exact) mass is 493 g/mol. The largest absolute Gasteiger partial charge is 0.493 e. The zero-order valence-electron chi connectivity index (χ0n) is 18.3. The number of amides is 1. The first-order valence-corrected chi connectivity index (χ1v) is 10.9. The van der Waals surface area contributed by atoms with Gasteiger partial charge in [-0.15, -0.1) is 0 Å². The van der Waals surface area contributed by atoms with E-state index < -0.39 is 0 Å². The Kier molecular flexibility index (Phi) is 7.10. The number of hydrogen-bond donors (Lipinski definition) is 2. The Balaban J connectivity index is 1.50. The minimum atomic E-state index is -0.314. The molecular formula is C25H20ClN3O4S. The second kappa shape index (κ2) is 10.4. The smallest absolute Gasteiger partial charge is 0.257 e. The summed E-state index contributed by atoms with van der Waals surface area (Å²) in [6, 6.07) is 19.2. The van der Waals surface area contributed by atoms with Crippen molar-refractivity contribution in [1.82, 2.24) is 10.3 Å². The van der Waals surface area contributed by atoms with Crippen molar-refractivity contribution in [3.63, 3.8) is 0 Å². The van der Waals surface area contributed by atoms with E-state index in [1.807, 2.05) is 12.1 Å². The predicted octanol–water partition coefficient (Wildman–Crippen LogP) is 5.82. The summed E-state index contributed by atoms with van der Waals surface area (Å²) in [7, 11) is 3.14. The van der Waals surface area contributed by atoms with Crippen molar-refractivity contribution in [2.24, 2.45) is 0 Å². The number of nitrogens with one attached hydrogen (secondary N) is 2. The van der Waals surface area contributed by atoms with Crippen LogP contribution in [0, 0.1) is 0 Å². The molecule has 1 amide bonds. The number of ether oxygens (including phenoxy) is 3. The van der Waals surface area contributed by atoms with E-state index in [-0.39, 0.29) is 11.0 Å². The maximum Gasteiger partial charge on any atom is 0.257 e. The molecule has 0 saturated heterocycles. The molecule has 1 aromatic heterocycles. The molecule has 2 N–H and O–H groups in total. The lowest BCUT2D eigenvalue weighted by atomic mass is 10.2. The number of carbonyl (C=O) groups is 1. The van der Waals surface area contributed by atoms with E-state index in [0.29, 0.717) is 44.8 Å². The number of hydrogen-bond acceptors (Lipinski definition) is 6. The van der Waals surface area contributed by atoms with Crippen molar-refractivity contribution in [2.45, 2.75) is 0 Å². The fraction of sp³-hybridized carbons (Fsp3) is 0.0800. The van der Waals surface area contributed by atoms with Crippen molar-refractivity contribution >= 4 is 51.4 Å². The van der Waals surface area contributed by atoms with Gasteiger partial charge in [0.25, 0.3) is 5.91 Å². The average molecular weight is 494 g/mol. The number of carbonyl (C=O) groups excluding carboxylic acids is 1. The predicted molar refractivity (Wildman–Crippen MR) is 137 cm³/mol. The van der Waals surface area contributed by atoms with E-state index >= 15 is 0 Å². The van der Waals surface area contributed by atoms with Gasteiger partial charge in [0, 0.05) is 29.3 Å². The lowest BCUT2D eigenvalue weighted by molar-refractivity contribution is 0.0977. The number of nitrogens with zero attached hydrogens (tertiary/aromatic N) is 1. The molecule has 0 bridgehead atoms. The second-order valence-corrected chi connectivity index (χ2v) is 7.87. The van der Waals surface area contributed by atoms with E-state index in [1.54, 1.807) is 75.0 Å². The molecule has 0 unspecified atom stereocenters. The van der Waals surface area contributed by atoms with Crippen LogP contribution < -0.4 is 24.8 Å². The van der Waals surface area contributed by atoms with E-state index in [9.17, 15) is 4.79 Å². The minimum absolute atomic E-state index is 0.130. The topological polar surface area (TPSA) is 81.7 Å². The molecule has 4 rings (SSSR count). The van der Waals surface area contributed by atoms with Crippen LogP contribution in [-0.4, -0.2) is 30.2 Å². The number of benzene rings is 3. The number of anilines is 1. The SMILES string of the molecule is COc1cc2nccc(Oc3ccc(NC(=S)NC(=O)c4ccccc4)c(Cl)c3)c2cc1OC. The van der Waals surface area contributed by atoms with E-state index in [1.165, 1.54) is 0 Å². The third kappa shape index (κ3) is 5.19. The van der Waals surface area contributed by atoms with Crippen LogP contribution in [0.1, 0.15) is 10.4 Å². The summed E-state index contributed by atoms with van der Waals surface area (Å²) in [4.78, 5) is 16.6. The van der Waals surface area contributed by atoms with Gasteiger partial charge in [-0.05, 0) is 48.6 Å². The summed E-state index contributed by atoms with van der Waals surface area (Å²) in [5.41, 5.74) is 1.72. The Hall–Kier alpha value is -3.88. The maximum absolute atomic E-state index is 12.3.